The molecule has 1 unspecified atom stereocenters. The fourth-order valence-electron chi connectivity index (χ4n) is 3.94. The summed E-state index contributed by atoms with van der Waals surface area (Å²) in [7, 11) is 1.83. The van der Waals surface area contributed by atoms with Gasteiger partial charge in [-0.25, -0.2) is 0 Å². The second kappa shape index (κ2) is 5.48. The quantitative estimate of drug-likeness (QED) is 0.838. The normalized spacial score (nSPS) is 39.5. The molecular formula is C15H27NO2. The molecular weight excluding hydrogens is 226 g/mol. The van der Waals surface area contributed by atoms with Crippen LogP contribution in [-0.2, 0) is 9.47 Å². The van der Waals surface area contributed by atoms with Crippen LogP contribution >= 0.6 is 0 Å². The molecule has 18 heavy (non-hydrogen) atoms. The summed E-state index contributed by atoms with van der Waals surface area (Å²) in [6.45, 7) is 0.956. The van der Waals surface area contributed by atoms with Gasteiger partial charge < -0.3 is 14.8 Å². The average molecular weight is 253 g/mol. The van der Waals surface area contributed by atoms with Gasteiger partial charge in [0.25, 0.3) is 0 Å². The molecule has 3 aliphatic rings. The van der Waals surface area contributed by atoms with Gasteiger partial charge in [0, 0.05) is 25.8 Å². The van der Waals surface area contributed by atoms with Crippen molar-refractivity contribution in [2.75, 3.05) is 13.7 Å². The van der Waals surface area contributed by atoms with E-state index >= 15 is 0 Å². The number of nitrogens with one attached hydrogen (secondary N) is 1. The van der Waals surface area contributed by atoms with E-state index in [1.807, 2.05) is 7.11 Å². The highest BCUT2D eigenvalue weighted by Gasteiger charge is 2.40. The van der Waals surface area contributed by atoms with Crippen LogP contribution in [0.3, 0.4) is 0 Å². The highest BCUT2D eigenvalue weighted by molar-refractivity contribution is 4.95. The number of methoxy groups -OCH3 is 1. The van der Waals surface area contributed by atoms with Crippen LogP contribution in [0.4, 0.5) is 0 Å². The Bertz CT molecular complexity index is 264. The topological polar surface area (TPSA) is 30.5 Å². The Balaban J connectivity index is 1.48. The van der Waals surface area contributed by atoms with Gasteiger partial charge in [0.15, 0.2) is 0 Å². The summed E-state index contributed by atoms with van der Waals surface area (Å²) in [4.78, 5) is 0. The van der Waals surface area contributed by atoms with Crippen LogP contribution in [0, 0.1) is 0 Å². The maximum absolute atomic E-state index is 6.15. The SMILES string of the molecule is COC1CC(NC2CCOC3(CCCCC3)C2)C1. The molecule has 1 spiro atoms. The third-order valence-corrected chi connectivity index (χ3v) is 5.16. The first kappa shape index (κ1) is 12.9. The number of hydrogen-bond acceptors (Lipinski definition) is 3. The Morgan fingerprint density at radius 2 is 1.89 bits per heavy atom. The van der Waals surface area contributed by atoms with Crippen molar-refractivity contribution in [2.45, 2.75) is 81.6 Å². The van der Waals surface area contributed by atoms with E-state index in [9.17, 15) is 0 Å². The standard InChI is InChI=1S/C15H27NO2/c1-17-14-9-13(10-14)16-12-5-8-18-15(11-12)6-3-2-4-7-15/h12-14,16H,2-11H2,1H3. The zero-order chi connectivity index (χ0) is 12.4. The van der Waals surface area contributed by atoms with E-state index in [-0.39, 0.29) is 5.60 Å². The van der Waals surface area contributed by atoms with Gasteiger partial charge >= 0.3 is 0 Å². The molecule has 0 radical (unpaired) electrons. The predicted octanol–water partition coefficient (Wildman–Crippen LogP) is 2.64. The van der Waals surface area contributed by atoms with E-state index < -0.39 is 0 Å². The molecule has 1 saturated heterocycles. The lowest BCUT2D eigenvalue weighted by Gasteiger charge is -2.46. The predicted molar refractivity (Wildman–Crippen MR) is 71.7 cm³/mol. The van der Waals surface area contributed by atoms with Crippen molar-refractivity contribution in [1.82, 2.24) is 5.32 Å². The minimum atomic E-state index is 0.235. The molecule has 1 atom stereocenters. The Labute approximate surface area is 111 Å². The number of ether oxygens (including phenoxy) is 2. The van der Waals surface area contributed by atoms with Gasteiger partial charge in [0.1, 0.15) is 0 Å². The van der Waals surface area contributed by atoms with Gasteiger partial charge in [0.05, 0.1) is 11.7 Å². The molecule has 3 fully saturated rings. The molecule has 0 amide bonds. The molecule has 0 aromatic rings. The van der Waals surface area contributed by atoms with Gasteiger partial charge in [0.2, 0.25) is 0 Å². The van der Waals surface area contributed by atoms with Gasteiger partial charge in [-0.05, 0) is 38.5 Å². The molecule has 3 nitrogen and oxygen atoms in total. The molecule has 0 aromatic heterocycles. The highest BCUT2D eigenvalue weighted by atomic mass is 16.5. The van der Waals surface area contributed by atoms with Crippen molar-refractivity contribution in [2.24, 2.45) is 0 Å². The van der Waals surface area contributed by atoms with Crippen LogP contribution in [0.15, 0.2) is 0 Å². The maximum Gasteiger partial charge on any atom is 0.0697 e. The lowest BCUT2D eigenvalue weighted by molar-refractivity contribution is -0.112. The number of rotatable bonds is 3. The zero-order valence-corrected chi connectivity index (χ0v) is 11.6. The molecule has 2 aliphatic carbocycles. The van der Waals surface area contributed by atoms with E-state index in [0.29, 0.717) is 18.2 Å². The first-order valence-electron chi connectivity index (χ1n) is 7.72. The lowest BCUT2D eigenvalue weighted by atomic mass is 9.77. The summed E-state index contributed by atoms with van der Waals surface area (Å²) in [5.74, 6) is 0. The van der Waals surface area contributed by atoms with Gasteiger partial charge in [-0.15, -0.1) is 0 Å². The van der Waals surface area contributed by atoms with Crippen LogP contribution in [-0.4, -0.2) is 37.5 Å². The molecule has 104 valence electrons. The lowest BCUT2D eigenvalue weighted by Crippen LogP contribution is -2.54. The zero-order valence-electron chi connectivity index (χ0n) is 11.6. The molecule has 2 saturated carbocycles. The molecule has 3 rings (SSSR count). The second-order valence-electron chi connectivity index (χ2n) is 6.47. The average Bonchev–Trinajstić information content (AvgIpc) is 2.34. The van der Waals surface area contributed by atoms with E-state index in [0.717, 1.165) is 6.61 Å². The Kier molecular flexibility index (Phi) is 3.92. The summed E-state index contributed by atoms with van der Waals surface area (Å²) in [6, 6.07) is 1.37. The van der Waals surface area contributed by atoms with E-state index in [2.05, 4.69) is 5.32 Å². The smallest absolute Gasteiger partial charge is 0.0697 e. The second-order valence-corrected chi connectivity index (χ2v) is 6.47. The first-order valence-corrected chi connectivity index (χ1v) is 7.72. The van der Waals surface area contributed by atoms with Crippen molar-refractivity contribution in [1.29, 1.82) is 0 Å². The van der Waals surface area contributed by atoms with Gasteiger partial charge in [-0.1, -0.05) is 19.3 Å². The number of hydrogen-bond donors (Lipinski definition) is 1. The highest BCUT2D eigenvalue weighted by Crippen LogP contribution is 2.39. The summed E-state index contributed by atoms with van der Waals surface area (Å²) >= 11 is 0. The fourth-order valence-corrected chi connectivity index (χ4v) is 3.94. The van der Waals surface area contributed by atoms with Gasteiger partial charge in [-0.3, -0.25) is 0 Å². The van der Waals surface area contributed by atoms with Crippen molar-refractivity contribution in [3.05, 3.63) is 0 Å². The Morgan fingerprint density at radius 3 is 2.61 bits per heavy atom. The first-order chi connectivity index (χ1) is 8.80. The Morgan fingerprint density at radius 1 is 1.11 bits per heavy atom. The van der Waals surface area contributed by atoms with E-state index in [1.165, 1.54) is 57.8 Å². The third-order valence-electron chi connectivity index (χ3n) is 5.16. The summed E-state index contributed by atoms with van der Waals surface area (Å²) in [6.07, 6.45) is 12.0. The van der Waals surface area contributed by atoms with Crippen LogP contribution in [0.25, 0.3) is 0 Å². The Hall–Kier alpha value is -0.120. The van der Waals surface area contributed by atoms with E-state index in [1.54, 1.807) is 0 Å². The molecule has 3 heteroatoms. The van der Waals surface area contributed by atoms with E-state index in [4.69, 9.17) is 9.47 Å². The van der Waals surface area contributed by atoms with Crippen LogP contribution in [0.5, 0.6) is 0 Å². The molecule has 0 aromatic carbocycles. The minimum Gasteiger partial charge on any atom is -0.381 e. The van der Waals surface area contributed by atoms with Gasteiger partial charge in [-0.2, -0.15) is 0 Å². The minimum absolute atomic E-state index is 0.235. The molecule has 1 heterocycles. The monoisotopic (exact) mass is 253 g/mol. The van der Waals surface area contributed by atoms with Crippen LogP contribution < -0.4 is 5.32 Å². The maximum atomic E-state index is 6.15. The van der Waals surface area contributed by atoms with Crippen molar-refractivity contribution in [3.63, 3.8) is 0 Å². The fraction of sp³-hybridized carbons (Fsp3) is 1.00. The largest absolute Gasteiger partial charge is 0.381 e. The molecule has 0 bridgehead atoms. The summed E-state index contributed by atoms with van der Waals surface area (Å²) < 4.78 is 11.5. The third kappa shape index (κ3) is 2.73. The van der Waals surface area contributed by atoms with Crippen molar-refractivity contribution in [3.8, 4) is 0 Å². The van der Waals surface area contributed by atoms with Crippen LogP contribution in [0.1, 0.15) is 57.8 Å². The van der Waals surface area contributed by atoms with Crippen LogP contribution in [0.2, 0.25) is 0 Å². The van der Waals surface area contributed by atoms with Crippen molar-refractivity contribution >= 4 is 0 Å². The van der Waals surface area contributed by atoms with Crippen molar-refractivity contribution < 1.29 is 9.47 Å². The molecule has 1 aliphatic heterocycles. The summed E-state index contributed by atoms with van der Waals surface area (Å²) in [5, 5.41) is 3.83. The molecule has 1 N–H and O–H groups in total. The summed E-state index contributed by atoms with van der Waals surface area (Å²) in [5.41, 5.74) is 0.235.